The fourth-order valence-corrected chi connectivity index (χ4v) is 4.21. The van der Waals surface area contributed by atoms with Crippen LogP contribution >= 0.6 is 11.8 Å². The van der Waals surface area contributed by atoms with Gasteiger partial charge >= 0.3 is 0 Å². The van der Waals surface area contributed by atoms with Crippen molar-refractivity contribution in [1.29, 1.82) is 0 Å². The average Bonchev–Trinajstić information content (AvgIpc) is 3.12. The number of amides is 1. The molecule has 5 nitrogen and oxygen atoms in total. The van der Waals surface area contributed by atoms with Gasteiger partial charge in [0.1, 0.15) is 0 Å². The van der Waals surface area contributed by atoms with Gasteiger partial charge in [-0.1, -0.05) is 56.8 Å². The molecule has 1 aromatic heterocycles. The third-order valence-electron chi connectivity index (χ3n) is 4.67. The molecule has 0 aliphatic carbocycles. The van der Waals surface area contributed by atoms with Crippen LogP contribution in [0.3, 0.4) is 0 Å². The third kappa shape index (κ3) is 3.59. The van der Waals surface area contributed by atoms with E-state index < -0.39 is 0 Å². The van der Waals surface area contributed by atoms with Crippen LogP contribution in [-0.4, -0.2) is 44.4 Å². The van der Waals surface area contributed by atoms with Gasteiger partial charge in [-0.3, -0.25) is 4.79 Å². The van der Waals surface area contributed by atoms with E-state index in [9.17, 15) is 4.79 Å². The Morgan fingerprint density at radius 1 is 1.20 bits per heavy atom. The van der Waals surface area contributed by atoms with Gasteiger partial charge < -0.3 is 9.47 Å². The van der Waals surface area contributed by atoms with Gasteiger partial charge in [0.05, 0.1) is 5.25 Å². The average molecular weight is 359 g/mol. The van der Waals surface area contributed by atoms with Crippen molar-refractivity contribution in [2.75, 3.05) is 13.6 Å². The first-order chi connectivity index (χ1) is 11.8. The van der Waals surface area contributed by atoms with Gasteiger partial charge in [-0.25, -0.2) is 0 Å². The minimum Gasteiger partial charge on any atom is -0.345 e. The van der Waals surface area contributed by atoms with Gasteiger partial charge in [0.2, 0.25) is 5.91 Å². The lowest BCUT2D eigenvalue weighted by Crippen LogP contribution is -2.24. The SMILES string of the molecule is CCn1c(SC2CCN(C)C2=O)nnc1-c1ccc(C(C)(C)C)cc1. The van der Waals surface area contributed by atoms with E-state index in [1.54, 1.807) is 4.90 Å². The molecule has 1 aromatic carbocycles. The van der Waals surface area contributed by atoms with Gasteiger partial charge in [0.25, 0.3) is 0 Å². The molecule has 2 heterocycles. The molecular formula is C19H26N4OS. The predicted octanol–water partition coefficient (Wildman–Crippen LogP) is 3.59. The second kappa shape index (κ2) is 6.83. The van der Waals surface area contributed by atoms with E-state index >= 15 is 0 Å². The smallest absolute Gasteiger partial charge is 0.235 e. The normalized spacial score (nSPS) is 18.2. The molecule has 0 radical (unpaired) electrons. The number of hydrogen-bond donors (Lipinski definition) is 0. The van der Waals surface area contributed by atoms with Crippen LogP contribution in [0.15, 0.2) is 29.4 Å². The lowest BCUT2D eigenvalue weighted by atomic mass is 9.87. The van der Waals surface area contributed by atoms with E-state index in [1.165, 1.54) is 17.3 Å². The lowest BCUT2D eigenvalue weighted by Gasteiger charge is -2.19. The van der Waals surface area contributed by atoms with Crippen molar-refractivity contribution in [2.24, 2.45) is 0 Å². The number of thioether (sulfide) groups is 1. The number of carbonyl (C=O) groups is 1. The van der Waals surface area contributed by atoms with Gasteiger partial charge in [-0.15, -0.1) is 10.2 Å². The zero-order valence-corrected chi connectivity index (χ0v) is 16.4. The van der Waals surface area contributed by atoms with Crippen LogP contribution < -0.4 is 0 Å². The van der Waals surface area contributed by atoms with Crippen LogP contribution in [0.1, 0.15) is 39.7 Å². The Morgan fingerprint density at radius 3 is 2.40 bits per heavy atom. The molecule has 134 valence electrons. The molecule has 1 aliphatic rings. The Labute approximate surface area is 153 Å². The highest BCUT2D eigenvalue weighted by Crippen LogP contribution is 2.32. The molecule has 1 aliphatic heterocycles. The fraction of sp³-hybridized carbons (Fsp3) is 0.526. The standard InChI is InChI=1S/C19H26N4OS/c1-6-23-16(13-7-9-14(10-8-13)19(2,3)4)20-21-18(23)25-15-11-12-22(5)17(15)24/h7-10,15H,6,11-12H2,1-5H3. The van der Waals surface area contributed by atoms with Crippen LogP contribution in [0.4, 0.5) is 0 Å². The van der Waals surface area contributed by atoms with Crippen LogP contribution in [0.5, 0.6) is 0 Å². The maximum atomic E-state index is 12.2. The largest absolute Gasteiger partial charge is 0.345 e. The molecule has 25 heavy (non-hydrogen) atoms. The Morgan fingerprint density at radius 2 is 1.88 bits per heavy atom. The Kier molecular flexibility index (Phi) is 4.91. The molecule has 1 amide bonds. The minimum absolute atomic E-state index is 0.0457. The van der Waals surface area contributed by atoms with Crippen molar-refractivity contribution in [3.8, 4) is 11.4 Å². The van der Waals surface area contributed by atoms with Crippen molar-refractivity contribution >= 4 is 17.7 Å². The molecule has 1 fully saturated rings. The molecule has 2 aromatic rings. The Hall–Kier alpha value is -1.82. The molecular weight excluding hydrogens is 332 g/mol. The summed E-state index contributed by atoms with van der Waals surface area (Å²) < 4.78 is 2.10. The second-order valence-electron chi connectivity index (χ2n) is 7.53. The van der Waals surface area contributed by atoms with Gasteiger partial charge in [-0.05, 0) is 24.3 Å². The first kappa shape index (κ1) is 18.0. The van der Waals surface area contributed by atoms with Crippen molar-refractivity contribution in [1.82, 2.24) is 19.7 Å². The molecule has 6 heteroatoms. The monoisotopic (exact) mass is 358 g/mol. The second-order valence-corrected chi connectivity index (χ2v) is 8.70. The highest BCUT2D eigenvalue weighted by molar-refractivity contribution is 8.00. The quantitative estimate of drug-likeness (QED) is 0.838. The fourth-order valence-electron chi connectivity index (χ4n) is 3.02. The van der Waals surface area contributed by atoms with Crippen LogP contribution in [0, 0.1) is 0 Å². The highest BCUT2D eigenvalue weighted by atomic mass is 32.2. The highest BCUT2D eigenvalue weighted by Gasteiger charge is 2.31. The minimum atomic E-state index is -0.0457. The maximum Gasteiger partial charge on any atom is 0.235 e. The molecule has 1 unspecified atom stereocenters. The summed E-state index contributed by atoms with van der Waals surface area (Å²) in [6.07, 6.45) is 0.867. The van der Waals surface area contributed by atoms with Gasteiger partial charge in [-0.2, -0.15) is 0 Å². The molecule has 0 bridgehead atoms. The molecule has 0 spiro atoms. The van der Waals surface area contributed by atoms with E-state index in [-0.39, 0.29) is 16.6 Å². The van der Waals surface area contributed by atoms with E-state index in [4.69, 9.17) is 0 Å². The number of carbonyl (C=O) groups excluding carboxylic acids is 1. The van der Waals surface area contributed by atoms with Crippen molar-refractivity contribution in [2.45, 2.75) is 56.5 Å². The van der Waals surface area contributed by atoms with Crippen LogP contribution in [0.25, 0.3) is 11.4 Å². The molecule has 0 N–H and O–H groups in total. The van der Waals surface area contributed by atoms with Gasteiger partial charge in [0.15, 0.2) is 11.0 Å². The molecule has 0 saturated carbocycles. The third-order valence-corrected chi connectivity index (χ3v) is 5.90. The van der Waals surface area contributed by atoms with Crippen molar-refractivity contribution in [3.05, 3.63) is 29.8 Å². The summed E-state index contributed by atoms with van der Waals surface area (Å²) in [6, 6.07) is 8.54. The molecule has 1 atom stereocenters. The number of hydrogen-bond acceptors (Lipinski definition) is 4. The summed E-state index contributed by atoms with van der Waals surface area (Å²) >= 11 is 1.54. The number of rotatable bonds is 4. The lowest BCUT2D eigenvalue weighted by molar-refractivity contribution is -0.126. The summed E-state index contributed by atoms with van der Waals surface area (Å²) in [4.78, 5) is 14.0. The summed E-state index contributed by atoms with van der Waals surface area (Å²) in [5.41, 5.74) is 2.49. The molecule has 1 saturated heterocycles. The predicted molar refractivity (Wildman–Crippen MR) is 102 cm³/mol. The number of benzene rings is 1. The number of aromatic nitrogens is 3. The first-order valence-electron chi connectivity index (χ1n) is 8.77. The van der Waals surface area contributed by atoms with E-state index in [0.29, 0.717) is 0 Å². The Bertz CT molecular complexity index is 761. The summed E-state index contributed by atoms with van der Waals surface area (Å²) in [5, 5.41) is 9.54. The molecule has 3 rings (SSSR count). The van der Waals surface area contributed by atoms with Crippen molar-refractivity contribution in [3.63, 3.8) is 0 Å². The zero-order valence-electron chi connectivity index (χ0n) is 15.6. The van der Waals surface area contributed by atoms with E-state index in [0.717, 1.165) is 36.1 Å². The first-order valence-corrected chi connectivity index (χ1v) is 9.65. The summed E-state index contributed by atoms with van der Waals surface area (Å²) in [7, 11) is 1.86. The Balaban J connectivity index is 1.86. The van der Waals surface area contributed by atoms with Gasteiger partial charge in [0, 0.05) is 25.7 Å². The summed E-state index contributed by atoms with van der Waals surface area (Å²) in [5.74, 6) is 1.05. The van der Waals surface area contributed by atoms with Crippen LogP contribution in [-0.2, 0) is 16.8 Å². The van der Waals surface area contributed by atoms with E-state index in [2.05, 4.69) is 66.7 Å². The van der Waals surface area contributed by atoms with E-state index in [1.807, 2.05) is 7.05 Å². The van der Waals surface area contributed by atoms with Crippen molar-refractivity contribution < 1.29 is 4.79 Å². The number of nitrogens with zero attached hydrogens (tertiary/aromatic N) is 4. The maximum absolute atomic E-state index is 12.2. The van der Waals surface area contributed by atoms with Crippen LogP contribution in [0.2, 0.25) is 0 Å². The number of likely N-dealkylation sites (tertiary alicyclic amines) is 1. The zero-order chi connectivity index (χ0) is 18.2. The topological polar surface area (TPSA) is 51.0 Å². The summed E-state index contributed by atoms with van der Waals surface area (Å²) in [6.45, 7) is 10.3.